The first kappa shape index (κ1) is 10.7. The lowest BCUT2D eigenvalue weighted by Gasteiger charge is -2.08. The van der Waals surface area contributed by atoms with E-state index in [0.29, 0.717) is 6.42 Å². The molecular formula is C13H16O. The fraction of sp³-hybridized carbons (Fsp3) is 0.231. The van der Waals surface area contributed by atoms with Crippen LogP contribution < -0.4 is 0 Å². The molecule has 0 fully saturated rings. The van der Waals surface area contributed by atoms with Crippen LogP contribution in [0.25, 0.3) is 0 Å². The summed E-state index contributed by atoms with van der Waals surface area (Å²) in [4.78, 5) is 0. The summed E-state index contributed by atoms with van der Waals surface area (Å²) in [7, 11) is 0. The van der Waals surface area contributed by atoms with E-state index in [0.717, 1.165) is 12.0 Å². The second kappa shape index (κ2) is 5.40. The third-order valence-electron chi connectivity index (χ3n) is 2.13. The molecule has 1 aromatic rings. The van der Waals surface area contributed by atoms with Crippen LogP contribution in [0.1, 0.15) is 23.7 Å². The van der Waals surface area contributed by atoms with Crippen LogP contribution in [0.15, 0.2) is 49.6 Å². The van der Waals surface area contributed by atoms with Gasteiger partial charge in [-0.05, 0) is 24.0 Å². The van der Waals surface area contributed by atoms with Gasteiger partial charge >= 0.3 is 0 Å². The van der Waals surface area contributed by atoms with Gasteiger partial charge in [0.05, 0.1) is 6.10 Å². The molecule has 0 radical (unpaired) electrons. The highest BCUT2D eigenvalue weighted by Gasteiger charge is 2.03. The molecule has 14 heavy (non-hydrogen) atoms. The molecule has 1 rings (SSSR count). The van der Waals surface area contributed by atoms with E-state index in [1.807, 2.05) is 30.3 Å². The molecule has 1 nitrogen and oxygen atoms in total. The third kappa shape index (κ3) is 2.86. The van der Waals surface area contributed by atoms with Gasteiger partial charge in [-0.1, -0.05) is 36.4 Å². The summed E-state index contributed by atoms with van der Waals surface area (Å²) in [5.41, 5.74) is 2.16. The normalized spacial score (nSPS) is 12.1. The number of hydrogen-bond acceptors (Lipinski definition) is 1. The molecule has 1 heteroatoms. The first-order valence-corrected chi connectivity index (χ1v) is 4.76. The summed E-state index contributed by atoms with van der Waals surface area (Å²) in [6.45, 7) is 7.28. The Morgan fingerprint density at radius 2 is 1.79 bits per heavy atom. The number of aliphatic hydroxyl groups excluding tert-OH is 1. The van der Waals surface area contributed by atoms with Crippen LogP contribution in [0, 0.1) is 0 Å². The Balaban J connectivity index is 2.71. The van der Waals surface area contributed by atoms with Gasteiger partial charge in [-0.3, -0.25) is 0 Å². The Bertz CT molecular complexity index is 298. The summed E-state index contributed by atoms with van der Waals surface area (Å²) < 4.78 is 0. The van der Waals surface area contributed by atoms with Gasteiger partial charge in [0, 0.05) is 0 Å². The lowest BCUT2D eigenvalue weighted by Crippen LogP contribution is -1.95. The molecule has 0 aliphatic heterocycles. The molecule has 0 amide bonds. The zero-order valence-corrected chi connectivity index (χ0v) is 8.32. The second-order valence-corrected chi connectivity index (χ2v) is 3.27. The Labute approximate surface area is 85.4 Å². The van der Waals surface area contributed by atoms with E-state index in [1.54, 1.807) is 6.08 Å². The lowest BCUT2D eigenvalue weighted by molar-refractivity contribution is 0.181. The van der Waals surface area contributed by atoms with E-state index in [-0.39, 0.29) is 0 Å². The largest absolute Gasteiger partial charge is 0.388 e. The quantitative estimate of drug-likeness (QED) is 0.704. The molecule has 0 aromatic heterocycles. The van der Waals surface area contributed by atoms with Gasteiger partial charge < -0.3 is 5.11 Å². The Hall–Kier alpha value is -1.34. The maximum absolute atomic E-state index is 9.65. The van der Waals surface area contributed by atoms with Crippen LogP contribution >= 0.6 is 0 Å². The Kier molecular flexibility index (Phi) is 4.14. The maximum atomic E-state index is 9.65. The van der Waals surface area contributed by atoms with Gasteiger partial charge in [-0.2, -0.15) is 0 Å². The summed E-state index contributed by atoms with van der Waals surface area (Å²) in [5, 5.41) is 9.65. The van der Waals surface area contributed by atoms with E-state index in [4.69, 9.17) is 0 Å². The van der Waals surface area contributed by atoms with Gasteiger partial charge in [-0.25, -0.2) is 0 Å². The van der Waals surface area contributed by atoms with Gasteiger partial charge in [0.1, 0.15) is 0 Å². The topological polar surface area (TPSA) is 20.2 Å². The van der Waals surface area contributed by atoms with Crippen molar-refractivity contribution in [3.8, 4) is 0 Å². The summed E-state index contributed by atoms with van der Waals surface area (Å²) in [5.74, 6) is 0. The van der Waals surface area contributed by atoms with E-state index >= 15 is 0 Å². The SMILES string of the molecule is C=CCc1ccc(C(O)CC=C)cc1. The van der Waals surface area contributed by atoms with Crippen molar-refractivity contribution in [1.29, 1.82) is 0 Å². The van der Waals surface area contributed by atoms with E-state index < -0.39 is 6.10 Å². The van der Waals surface area contributed by atoms with Gasteiger partial charge in [0.15, 0.2) is 0 Å². The lowest BCUT2D eigenvalue weighted by atomic mass is 10.0. The highest BCUT2D eigenvalue weighted by Crippen LogP contribution is 2.17. The molecule has 0 aliphatic carbocycles. The molecule has 1 N–H and O–H groups in total. The highest BCUT2D eigenvalue weighted by molar-refractivity contribution is 5.25. The zero-order chi connectivity index (χ0) is 10.4. The van der Waals surface area contributed by atoms with E-state index in [9.17, 15) is 5.11 Å². The van der Waals surface area contributed by atoms with Crippen LogP contribution in [0.2, 0.25) is 0 Å². The summed E-state index contributed by atoms with van der Waals surface area (Å²) in [6, 6.07) is 7.94. The van der Waals surface area contributed by atoms with Gasteiger partial charge in [0.25, 0.3) is 0 Å². The molecule has 74 valence electrons. The monoisotopic (exact) mass is 188 g/mol. The van der Waals surface area contributed by atoms with Crippen LogP contribution in [-0.2, 0) is 6.42 Å². The van der Waals surface area contributed by atoms with Crippen LogP contribution in [0.5, 0.6) is 0 Å². The summed E-state index contributed by atoms with van der Waals surface area (Å²) in [6.07, 6.45) is 4.64. The fourth-order valence-corrected chi connectivity index (χ4v) is 1.34. The van der Waals surface area contributed by atoms with Crippen molar-refractivity contribution < 1.29 is 5.11 Å². The van der Waals surface area contributed by atoms with Gasteiger partial charge in [-0.15, -0.1) is 13.2 Å². The van der Waals surface area contributed by atoms with Crippen molar-refractivity contribution in [2.45, 2.75) is 18.9 Å². The van der Waals surface area contributed by atoms with Crippen LogP contribution in [-0.4, -0.2) is 5.11 Å². The Morgan fingerprint density at radius 1 is 1.14 bits per heavy atom. The first-order chi connectivity index (χ1) is 6.77. The number of benzene rings is 1. The van der Waals surface area contributed by atoms with Crippen molar-refractivity contribution >= 4 is 0 Å². The number of hydrogen-bond donors (Lipinski definition) is 1. The van der Waals surface area contributed by atoms with Gasteiger partial charge in [0.2, 0.25) is 0 Å². The van der Waals surface area contributed by atoms with Crippen molar-refractivity contribution in [2.75, 3.05) is 0 Å². The minimum absolute atomic E-state index is 0.426. The standard InChI is InChI=1S/C13H16O/c1-3-5-11-7-9-12(10-8-11)13(14)6-4-2/h3-4,7-10,13-14H,1-2,5-6H2. The minimum Gasteiger partial charge on any atom is -0.388 e. The van der Waals surface area contributed by atoms with Crippen molar-refractivity contribution in [3.05, 3.63) is 60.7 Å². The molecule has 0 heterocycles. The maximum Gasteiger partial charge on any atom is 0.0824 e. The molecule has 0 aliphatic rings. The fourth-order valence-electron chi connectivity index (χ4n) is 1.34. The zero-order valence-electron chi connectivity index (χ0n) is 8.32. The van der Waals surface area contributed by atoms with Crippen LogP contribution in [0.3, 0.4) is 0 Å². The average molecular weight is 188 g/mol. The third-order valence-corrected chi connectivity index (χ3v) is 2.13. The average Bonchev–Trinajstić information content (AvgIpc) is 2.20. The van der Waals surface area contributed by atoms with Crippen molar-refractivity contribution in [1.82, 2.24) is 0 Å². The Morgan fingerprint density at radius 3 is 2.29 bits per heavy atom. The molecule has 1 unspecified atom stereocenters. The number of rotatable bonds is 5. The predicted octanol–water partition coefficient (Wildman–Crippen LogP) is 3.02. The molecule has 0 bridgehead atoms. The molecule has 0 saturated carbocycles. The first-order valence-electron chi connectivity index (χ1n) is 4.76. The second-order valence-electron chi connectivity index (χ2n) is 3.27. The smallest absolute Gasteiger partial charge is 0.0824 e. The van der Waals surface area contributed by atoms with Crippen molar-refractivity contribution in [3.63, 3.8) is 0 Å². The molecular weight excluding hydrogens is 172 g/mol. The van der Waals surface area contributed by atoms with Crippen LogP contribution in [0.4, 0.5) is 0 Å². The van der Waals surface area contributed by atoms with Crippen molar-refractivity contribution in [2.24, 2.45) is 0 Å². The van der Waals surface area contributed by atoms with E-state index in [1.165, 1.54) is 5.56 Å². The summed E-state index contributed by atoms with van der Waals surface area (Å²) >= 11 is 0. The predicted molar refractivity (Wildman–Crippen MR) is 60.1 cm³/mol. The number of allylic oxidation sites excluding steroid dienone is 1. The molecule has 1 atom stereocenters. The molecule has 0 saturated heterocycles. The number of aliphatic hydroxyl groups is 1. The minimum atomic E-state index is -0.426. The molecule has 0 spiro atoms. The highest BCUT2D eigenvalue weighted by atomic mass is 16.3. The molecule has 1 aromatic carbocycles. The van der Waals surface area contributed by atoms with E-state index in [2.05, 4.69) is 13.2 Å².